The van der Waals surface area contributed by atoms with Crippen LogP contribution in [0.1, 0.15) is 5.69 Å². The minimum absolute atomic E-state index is 0.0277. The fourth-order valence-electron chi connectivity index (χ4n) is 3.36. The Bertz CT molecular complexity index is 1350. The van der Waals surface area contributed by atoms with Crippen LogP contribution >= 0.6 is 0 Å². The first-order chi connectivity index (χ1) is 16.3. The average molecular weight is 439 g/mol. The molecule has 2 aromatic heterocycles. The fourth-order valence-corrected chi connectivity index (χ4v) is 3.36. The van der Waals surface area contributed by atoms with Crippen LogP contribution in [0.5, 0.6) is 11.5 Å². The highest BCUT2D eigenvalue weighted by molar-refractivity contribution is 5.78. The lowest BCUT2D eigenvalue weighted by molar-refractivity contribution is 0.201. The Morgan fingerprint density at radius 2 is 1.45 bits per heavy atom. The maximum atomic E-state index is 8.84. The minimum atomic E-state index is -0.0277. The van der Waals surface area contributed by atoms with Crippen LogP contribution in [0.25, 0.3) is 33.7 Å². The van der Waals surface area contributed by atoms with Crippen molar-refractivity contribution in [2.45, 2.75) is 6.61 Å². The van der Waals surface area contributed by atoms with Gasteiger partial charge in [0.2, 0.25) is 5.82 Å². The quantitative estimate of drug-likeness (QED) is 0.368. The van der Waals surface area contributed by atoms with Crippen molar-refractivity contribution in [1.82, 2.24) is 15.1 Å². The molecule has 0 aliphatic rings. The zero-order chi connectivity index (χ0) is 22.5. The Kier molecular flexibility index (Phi) is 5.95. The topological polar surface area (TPSA) is 90.5 Å². The first kappa shape index (κ1) is 20.7. The van der Waals surface area contributed by atoms with Gasteiger partial charge >= 0.3 is 0 Å². The van der Waals surface area contributed by atoms with E-state index in [1.807, 2.05) is 72.8 Å². The molecular formula is C26H21N3O4. The van der Waals surface area contributed by atoms with Crippen LogP contribution in [-0.2, 0) is 6.61 Å². The largest absolute Gasteiger partial charge is 0.491 e. The van der Waals surface area contributed by atoms with Crippen LogP contribution in [0, 0.1) is 0 Å². The molecule has 0 aliphatic heterocycles. The van der Waals surface area contributed by atoms with E-state index in [1.165, 1.54) is 0 Å². The van der Waals surface area contributed by atoms with Crippen LogP contribution in [0.15, 0.2) is 89.5 Å². The molecule has 3 aromatic carbocycles. The van der Waals surface area contributed by atoms with E-state index in [2.05, 4.69) is 15.1 Å². The van der Waals surface area contributed by atoms with Gasteiger partial charge in [-0.05, 0) is 60.7 Å². The predicted octanol–water partition coefficient (Wildman–Crippen LogP) is 4.90. The number of rotatable bonds is 8. The highest BCUT2D eigenvalue weighted by Crippen LogP contribution is 2.25. The van der Waals surface area contributed by atoms with Crippen LogP contribution in [0.4, 0.5) is 0 Å². The number of pyridine rings is 1. The highest BCUT2D eigenvalue weighted by atomic mass is 16.5. The Labute approximate surface area is 190 Å². The van der Waals surface area contributed by atoms with E-state index in [0.29, 0.717) is 24.1 Å². The van der Waals surface area contributed by atoms with Crippen LogP contribution in [0.3, 0.4) is 0 Å². The second kappa shape index (κ2) is 9.50. The monoisotopic (exact) mass is 439 g/mol. The summed E-state index contributed by atoms with van der Waals surface area (Å²) < 4.78 is 16.7. The SMILES string of the molecule is OCCOc1ccc(-c2noc(-c3ccc(OCc4ccc5ccccc5n4)cc3)n2)cc1. The number of aliphatic hydroxyl groups is 1. The van der Waals surface area contributed by atoms with Crippen molar-refractivity contribution < 1.29 is 19.1 Å². The number of fused-ring (bicyclic) bond motifs is 1. The molecule has 0 fully saturated rings. The molecular weight excluding hydrogens is 418 g/mol. The molecule has 2 heterocycles. The number of hydrogen-bond acceptors (Lipinski definition) is 7. The second-order valence-electron chi connectivity index (χ2n) is 7.33. The lowest BCUT2D eigenvalue weighted by Crippen LogP contribution is -2.01. The van der Waals surface area contributed by atoms with E-state index in [4.69, 9.17) is 19.1 Å². The van der Waals surface area contributed by atoms with Gasteiger partial charge in [0.25, 0.3) is 5.89 Å². The summed E-state index contributed by atoms with van der Waals surface area (Å²) in [5.74, 6) is 2.31. The molecule has 0 bridgehead atoms. The molecule has 5 rings (SSSR count). The molecule has 0 spiro atoms. The van der Waals surface area contributed by atoms with Crippen molar-refractivity contribution in [2.24, 2.45) is 0 Å². The predicted molar refractivity (Wildman–Crippen MR) is 124 cm³/mol. The molecule has 1 N–H and O–H groups in total. The van der Waals surface area contributed by atoms with Crippen molar-refractivity contribution in [3.05, 3.63) is 90.6 Å². The molecule has 0 aliphatic carbocycles. The summed E-state index contributed by atoms with van der Waals surface area (Å²) in [5, 5.41) is 14.0. The van der Waals surface area contributed by atoms with Gasteiger partial charge in [0, 0.05) is 16.5 Å². The minimum Gasteiger partial charge on any atom is -0.491 e. The van der Waals surface area contributed by atoms with Gasteiger partial charge in [-0.1, -0.05) is 29.4 Å². The summed E-state index contributed by atoms with van der Waals surface area (Å²) >= 11 is 0. The standard InChI is InChI=1S/C26H21N3O4/c30-15-16-31-22-11-6-19(7-12-22)25-28-26(33-29-25)20-8-13-23(14-9-20)32-17-21-10-5-18-3-1-2-4-24(18)27-21/h1-14,30H,15-17H2. The van der Waals surface area contributed by atoms with E-state index >= 15 is 0 Å². The number of nitrogens with zero attached hydrogens (tertiary/aromatic N) is 3. The first-order valence-electron chi connectivity index (χ1n) is 10.5. The molecule has 0 saturated carbocycles. The van der Waals surface area contributed by atoms with Crippen molar-refractivity contribution >= 4 is 10.9 Å². The number of ether oxygens (including phenoxy) is 2. The average Bonchev–Trinajstić information content (AvgIpc) is 3.37. The number of para-hydroxylation sites is 1. The zero-order valence-electron chi connectivity index (χ0n) is 17.7. The number of hydrogen-bond donors (Lipinski definition) is 1. The van der Waals surface area contributed by atoms with E-state index in [-0.39, 0.29) is 13.2 Å². The molecule has 7 nitrogen and oxygen atoms in total. The Hall–Kier alpha value is -4.23. The lowest BCUT2D eigenvalue weighted by Gasteiger charge is -2.07. The molecule has 164 valence electrons. The van der Waals surface area contributed by atoms with Gasteiger partial charge in [0.15, 0.2) is 0 Å². The molecule has 7 heteroatoms. The van der Waals surface area contributed by atoms with E-state index in [1.54, 1.807) is 12.1 Å². The van der Waals surface area contributed by atoms with Crippen LogP contribution in [-0.4, -0.2) is 33.4 Å². The Morgan fingerprint density at radius 1 is 0.727 bits per heavy atom. The molecule has 0 unspecified atom stereocenters. The van der Waals surface area contributed by atoms with Crippen molar-refractivity contribution in [3.63, 3.8) is 0 Å². The van der Waals surface area contributed by atoms with Gasteiger partial charge in [0.1, 0.15) is 24.7 Å². The zero-order valence-corrected chi connectivity index (χ0v) is 17.7. The molecule has 0 amide bonds. The molecule has 0 saturated heterocycles. The second-order valence-corrected chi connectivity index (χ2v) is 7.33. The van der Waals surface area contributed by atoms with Crippen molar-refractivity contribution in [1.29, 1.82) is 0 Å². The van der Waals surface area contributed by atoms with E-state index in [0.717, 1.165) is 33.5 Å². The normalized spacial score (nSPS) is 10.9. The van der Waals surface area contributed by atoms with Crippen LogP contribution < -0.4 is 9.47 Å². The third-order valence-electron chi connectivity index (χ3n) is 5.04. The van der Waals surface area contributed by atoms with Crippen molar-refractivity contribution in [3.8, 4) is 34.3 Å². The number of aliphatic hydroxyl groups excluding tert-OH is 1. The third-order valence-corrected chi connectivity index (χ3v) is 5.04. The maximum absolute atomic E-state index is 8.84. The summed E-state index contributed by atoms with van der Waals surface area (Å²) in [4.78, 5) is 9.12. The van der Waals surface area contributed by atoms with Gasteiger partial charge in [-0.2, -0.15) is 4.98 Å². The highest BCUT2D eigenvalue weighted by Gasteiger charge is 2.11. The third kappa shape index (κ3) is 4.83. The van der Waals surface area contributed by atoms with Gasteiger partial charge < -0.3 is 19.1 Å². The number of benzene rings is 3. The smallest absolute Gasteiger partial charge is 0.258 e. The summed E-state index contributed by atoms with van der Waals surface area (Å²) in [6, 6.07) is 26.8. The first-order valence-corrected chi connectivity index (χ1v) is 10.5. The Morgan fingerprint density at radius 3 is 2.24 bits per heavy atom. The molecule has 5 aromatic rings. The van der Waals surface area contributed by atoms with Gasteiger partial charge in [-0.3, -0.25) is 0 Å². The maximum Gasteiger partial charge on any atom is 0.258 e. The van der Waals surface area contributed by atoms with Crippen LogP contribution in [0.2, 0.25) is 0 Å². The summed E-state index contributed by atoms with van der Waals surface area (Å²) in [5.41, 5.74) is 3.43. The molecule has 0 atom stereocenters. The summed E-state index contributed by atoms with van der Waals surface area (Å²) in [6.45, 7) is 0.608. The number of aromatic nitrogens is 3. The van der Waals surface area contributed by atoms with E-state index in [9.17, 15) is 0 Å². The van der Waals surface area contributed by atoms with Crippen molar-refractivity contribution in [2.75, 3.05) is 13.2 Å². The molecule has 33 heavy (non-hydrogen) atoms. The summed E-state index contributed by atoms with van der Waals surface area (Å²) in [6.07, 6.45) is 0. The Balaban J connectivity index is 1.23. The van der Waals surface area contributed by atoms with Gasteiger partial charge in [-0.15, -0.1) is 0 Å². The lowest BCUT2D eigenvalue weighted by atomic mass is 10.2. The van der Waals surface area contributed by atoms with E-state index < -0.39 is 0 Å². The fraction of sp³-hybridized carbons (Fsp3) is 0.115. The summed E-state index contributed by atoms with van der Waals surface area (Å²) in [7, 11) is 0. The molecule has 0 radical (unpaired) electrons. The van der Waals surface area contributed by atoms with Gasteiger partial charge in [0.05, 0.1) is 17.8 Å². The van der Waals surface area contributed by atoms with Gasteiger partial charge in [-0.25, -0.2) is 4.98 Å².